The Bertz CT molecular complexity index is 783. The maximum absolute atomic E-state index is 11.5. The Labute approximate surface area is 136 Å². The quantitative estimate of drug-likeness (QED) is 0.540. The van der Waals surface area contributed by atoms with Gasteiger partial charge in [0.1, 0.15) is 35.7 Å². The molecule has 24 heavy (non-hydrogen) atoms. The van der Waals surface area contributed by atoms with Crippen molar-refractivity contribution in [3.05, 3.63) is 40.2 Å². The third-order valence-corrected chi connectivity index (χ3v) is 4.02. The van der Waals surface area contributed by atoms with Crippen molar-refractivity contribution in [2.75, 3.05) is 6.61 Å². The normalized spacial score (nSPS) is 30.5. The minimum atomic E-state index is -1.53. The molecule has 130 valence electrons. The lowest BCUT2D eigenvalue weighted by atomic mass is 9.99. The monoisotopic (exact) mass is 338 g/mol. The molecule has 0 amide bonds. The van der Waals surface area contributed by atoms with Gasteiger partial charge in [-0.25, -0.2) is 4.79 Å². The summed E-state index contributed by atoms with van der Waals surface area (Å²) in [5.41, 5.74) is 0.563. The molecule has 5 atom stereocenters. The first-order valence-corrected chi connectivity index (χ1v) is 7.42. The van der Waals surface area contributed by atoms with Gasteiger partial charge in [-0.15, -0.1) is 0 Å². The van der Waals surface area contributed by atoms with E-state index in [4.69, 9.17) is 19.0 Å². The van der Waals surface area contributed by atoms with Gasteiger partial charge in [0.25, 0.3) is 0 Å². The molecule has 1 saturated heterocycles. The van der Waals surface area contributed by atoms with Crippen LogP contribution >= 0.6 is 0 Å². The lowest BCUT2D eigenvalue weighted by molar-refractivity contribution is -0.277. The first-order chi connectivity index (χ1) is 11.4. The first-order valence-electron chi connectivity index (χ1n) is 7.42. The average Bonchev–Trinajstić information content (AvgIpc) is 2.55. The second-order valence-corrected chi connectivity index (χ2v) is 5.72. The zero-order valence-corrected chi connectivity index (χ0v) is 12.8. The maximum Gasteiger partial charge on any atom is 0.336 e. The molecule has 0 saturated carbocycles. The highest BCUT2D eigenvalue weighted by Crippen LogP contribution is 2.27. The van der Waals surface area contributed by atoms with Gasteiger partial charge in [0.05, 0.1) is 6.61 Å². The molecule has 0 aliphatic carbocycles. The van der Waals surface area contributed by atoms with E-state index in [1.54, 1.807) is 19.1 Å². The molecule has 3 rings (SSSR count). The molecular formula is C16H18O8. The van der Waals surface area contributed by atoms with Crippen LogP contribution in [0.3, 0.4) is 0 Å². The molecule has 0 radical (unpaired) electrons. The van der Waals surface area contributed by atoms with Crippen molar-refractivity contribution in [3.63, 3.8) is 0 Å². The lowest BCUT2D eigenvalue weighted by Gasteiger charge is -2.39. The molecule has 8 nitrogen and oxygen atoms in total. The number of hydrogen-bond acceptors (Lipinski definition) is 8. The topological polar surface area (TPSA) is 130 Å². The molecular weight excluding hydrogens is 320 g/mol. The summed E-state index contributed by atoms with van der Waals surface area (Å²) in [4.78, 5) is 11.5. The van der Waals surface area contributed by atoms with Gasteiger partial charge in [-0.2, -0.15) is 0 Å². The number of fused-ring (bicyclic) bond motifs is 1. The van der Waals surface area contributed by atoms with Gasteiger partial charge < -0.3 is 34.3 Å². The minimum Gasteiger partial charge on any atom is -0.462 e. The summed E-state index contributed by atoms with van der Waals surface area (Å²) >= 11 is 0. The Morgan fingerprint density at radius 2 is 1.88 bits per heavy atom. The van der Waals surface area contributed by atoms with E-state index < -0.39 is 42.9 Å². The first kappa shape index (κ1) is 16.9. The highest BCUT2D eigenvalue weighted by atomic mass is 16.7. The van der Waals surface area contributed by atoms with Crippen LogP contribution in [0.15, 0.2) is 33.5 Å². The smallest absolute Gasteiger partial charge is 0.336 e. The van der Waals surface area contributed by atoms with Crippen LogP contribution in [0.1, 0.15) is 5.56 Å². The van der Waals surface area contributed by atoms with E-state index in [1.165, 1.54) is 12.1 Å². The van der Waals surface area contributed by atoms with E-state index in [1.807, 2.05) is 0 Å². The van der Waals surface area contributed by atoms with Crippen molar-refractivity contribution in [3.8, 4) is 5.75 Å². The predicted octanol–water partition coefficient (Wildman–Crippen LogP) is -0.720. The zero-order chi connectivity index (χ0) is 17.4. The molecule has 1 aromatic carbocycles. The minimum absolute atomic E-state index is 0.237. The van der Waals surface area contributed by atoms with Crippen molar-refractivity contribution in [2.24, 2.45) is 0 Å². The van der Waals surface area contributed by atoms with Crippen molar-refractivity contribution >= 4 is 11.0 Å². The lowest BCUT2D eigenvalue weighted by Crippen LogP contribution is -2.60. The number of hydrogen-bond donors (Lipinski definition) is 4. The fourth-order valence-electron chi connectivity index (χ4n) is 2.68. The molecule has 2 heterocycles. The van der Waals surface area contributed by atoms with Crippen molar-refractivity contribution in [2.45, 2.75) is 37.6 Å². The Balaban J connectivity index is 1.87. The number of aliphatic hydroxyl groups excluding tert-OH is 4. The summed E-state index contributed by atoms with van der Waals surface area (Å²) in [6, 6.07) is 6.12. The third kappa shape index (κ3) is 3.02. The summed E-state index contributed by atoms with van der Waals surface area (Å²) in [7, 11) is 0. The molecule has 1 aromatic heterocycles. The fourth-order valence-corrected chi connectivity index (χ4v) is 2.68. The van der Waals surface area contributed by atoms with E-state index in [2.05, 4.69) is 0 Å². The van der Waals surface area contributed by atoms with Crippen LogP contribution in [0.5, 0.6) is 5.75 Å². The van der Waals surface area contributed by atoms with Gasteiger partial charge >= 0.3 is 5.63 Å². The predicted molar refractivity (Wildman–Crippen MR) is 81.6 cm³/mol. The van der Waals surface area contributed by atoms with Crippen molar-refractivity contribution in [1.82, 2.24) is 0 Å². The average molecular weight is 338 g/mol. The number of aliphatic hydroxyl groups is 4. The Hall–Kier alpha value is -1.97. The summed E-state index contributed by atoms with van der Waals surface area (Å²) in [6.45, 7) is 1.23. The largest absolute Gasteiger partial charge is 0.462 e. The number of rotatable bonds is 3. The van der Waals surface area contributed by atoms with Crippen LogP contribution in [0.2, 0.25) is 0 Å². The van der Waals surface area contributed by atoms with Gasteiger partial charge in [-0.05, 0) is 24.6 Å². The number of ether oxygens (including phenoxy) is 2. The highest BCUT2D eigenvalue weighted by Gasteiger charge is 2.44. The molecule has 1 aliphatic rings. The van der Waals surface area contributed by atoms with Crippen LogP contribution < -0.4 is 10.4 Å². The Morgan fingerprint density at radius 3 is 2.58 bits per heavy atom. The van der Waals surface area contributed by atoms with Crippen LogP contribution in [-0.4, -0.2) is 57.7 Å². The molecule has 4 N–H and O–H groups in total. The van der Waals surface area contributed by atoms with E-state index in [0.717, 1.165) is 10.9 Å². The number of benzene rings is 1. The van der Waals surface area contributed by atoms with Crippen molar-refractivity contribution in [1.29, 1.82) is 0 Å². The second-order valence-electron chi connectivity index (χ2n) is 5.72. The van der Waals surface area contributed by atoms with Crippen molar-refractivity contribution < 1.29 is 34.3 Å². The van der Waals surface area contributed by atoms with E-state index in [9.17, 15) is 20.1 Å². The Kier molecular flexibility index (Phi) is 4.57. The molecule has 0 spiro atoms. The fraction of sp³-hybridized carbons (Fsp3) is 0.438. The van der Waals surface area contributed by atoms with Gasteiger partial charge in [-0.1, -0.05) is 0 Å². The molecule has 2 aromatic rings. The molecule has 1 aliphatic heterocycles. The van der Waals surface area contributed by atoms with Crippen LogP contribution in [0, 0.1) is 6.92 Å². The molecule has 0 bridgehead atoms. The van der Waals surface area contributed by atoms with Crippen LogP contribution in [0.25, 0.3) is 11.0 Å². The second kappa shape index (κ2) is 6.50. The van der Waals surface area contributed by atoms with Crippen LogP contribution in [0.4, 0.5) is 0 Å². The summed E-state index contributed by atoms with van der Waals surface area (Å²) < 4.78 is 15.9. The van der Waals surface area contributed by atoms with Crippen LogP contribution in [-0.2, 0) is 4.74 Å². The summed E-state index contributed by atoms with van der Waals surface area (Å²) in [5.74, 6) is 0.237. The third-order valence-electron chi connectivity index (χ3n) is 4.02. The standard InChI is InChI=1S/C16H18O8/c1-7-4-12(18)23-10-5-8(2-3-9(7)10)22-16-15(21)14(20)13(19)11(6-17)24-16/h2-5,11,13-17,19-21H,6H2,1H3/t11?,13-,14-,15?,16+/m1/s1. The molecule has 2 unspecified atom stereocenters. The summed E-state index contributed by atoms with van der Waals surface area (Å²) in [5, 5.41) is 39.4. The van der Waals surface area contributed by atoms with E-state index in [0.29, 0.717) is 5.58 Å². The van der Waals surface area contributed by atoms with Gasteiger partial charge in [0.15, 0.2) is 0 Å². The number of aryl methyl sites for hydroxylation is 1. The van der Waals surface area contributed by atoms with Gasteiger partial charge in [0, 0.05) is 17.5 Å². The summed E-state index contributed by atoms with van der Waals surface area (Å²) in [6.07, 6.45) is -6.85. The SMILES string of the molecule is Cc1cc(=O)oc2cc(O[C@H]3OC(CO)[C@@H](O)[C@@H](O)C3O)ccc12. The molecule has 1 fully saturated rings. The molecule has 8 heteroatoms. The maximum atomic E-state index is 11.5. The van der Waals surface area contributed by atoms with E-state index in [-0.39, 0.29) is 5.75 Å². The Morgan fingerprint density at radius 1 is 1.12 bits per heavy atom. The highest BCUT2D eigenvalue weighted by molar-refractivity contribution is 5.81. The zero-order valence-electron chi connectivity index (χ0n) is 12.8. The van der Waals surface area contributed by atoms with Gasteiger partial charge in [0.2, 0.25) is 6.29 Å². The van der Waals surface area contributed by atoms with E-state index >= 15 is 0 Å². The van der Waals surface area contributed by atoms with Gasteiger partial charge in [-0.3, -0.25) is 0 Å².